The molecule has 0 aliphatic carbocycles. The Bertz CT molecular complexity index is 1350. The Kier molecular flexibility index (Phi) is 8.06. The molecule has 3 aromatic heterocycles. The maximum Gasteiger partial charge on any atom is 0.324 e. The number of aryl methyl sites for hydroxylation is 1. The third-order valence-corrected chi connectivity index (χ3v) is 7.04. The molecule has 198 valence electrons. The van der Waals surface area contributed by atoms with Crippen LogP contribution in [0.2, 0.25) is 0 Å². The summed E-state index contributed by atoms with van der Waals surface area (Å²) in [5.41, 5.74) is 1.63. The molecular weight excluding hydrogens is 506 g/mol. The number of piperazine rings is 1. The molecule has 1 aromatic carbocycles. The molecule has 0 bridgehead atoms. The van der Waals surface area contributed by atoms with E-state index in [0.29, 0.717) is 36.0 Å². The lowest BCUT2D eigenvalue weighted by molar-refractivity contribution is 0.188. The molecule has 0 unspecified atom stereocenters. The number of hydrogen-bond donors (Lipinski definition) is 4. The minimum absolute atomic E-state index is 0.181. The normalized spacial score (nSPS) is 13.9. The SMILES string of the molecule is CCc1cc(NC(=O)Nc2ccc(-c3cnc(Nc4cc(N5CCN(CCO)CC5)ncn4)s3)cc2)no1. The van der Waals surface area contributed by atoms with Crippen molar-refractivity contribution >= 4 is 45.6 Å². The highest BCUT2D eigenvalue weighted by Gasteiger charge is 2.18. The van der Waals surface area contributed by atoms with Crippen molar-refractivity contribution in [1.82, 2.24) is 25.0 Å². The highest BCUT2D eigenvalue weighted by molar-refractivity contribution is 7.18. The van der Waals surface area contributed by atoms with E-state index in [1.807, 2.05) is 37.3 Å². The van der Waals surface area contributed by atoms with E-state index in [1.165, 1.54) is 11.3 Å². The highest BCUT2D eigenvalue weighted by Crippen LogP contribution is 2.31. The van der Waals surface area contributed by atoms with Crippen LogP contribution < -0.4 is 20.9 Å². The van der Waals surface area contributed by atoms with Gasteiger partial charge in [0, 0.05) is 63.2 Å². The van der Waals surface area contributed by atoms with Crippen molar-refractivity contribution in [1.29, 1.82) is 0 Å². The molecular formula is C25H29N9O3S. The number of carbonyl (C=O) groups excluding carboxylic acids is 1. The van der Waals surface area contributed by atoms with Gasteiger partial charge in [-0.2, -0.15) is 0 Å². The van der Waals surface area contributed by atoms with E-state index in [-0.39, 0.29) is 6.61 Å². The molecule has 0 radical (unpaired) electrons. The maximum atomic E-state index is 12.2. The van der Waals surface area contributed by atoms with Crippen LogP contribution in [-0.4, -0.2) is 75.5 Å². The molecule has 38 heavy (non-hydrogen) atoms. The fourth-order valence-corrected chi connectivity index (χ4v) is 4.87. The van der Waals surface area contributed by atoms with Crippen LogP contribution >= 0.6 is 11.3 Å². The first-order valence-electron chi connectivity index (χ1n) is 12.4. The summed E-state index contributed by atoms with van der Waals surface area (Å²) in [6, 6.07) is 10.7. The number of thiazole rings is 1. The summed E-state index contributed by atoms with van der Waals surface area (Å²) in [6.45, 7) is 6.32. The second kappa shape index (κ2) is 12.0. The number of aliphatic hydroxyl groups excluding tert-OH is 1. The number of aromatic nitrogens is 4. The van der Waals surface area contributed by atoms with Crippen LogP contribution in [0.25, 0.3) is 10.4 Å². The number of nitrogens with one attached hydrogen (secondary N) is 3. The summed E-state index contributed by atoms with van der Waals surface area (Å²) in [5, 5.41) is 22.4. The molecule has 13 heteroatoms. The van der Waals surface area contributed by atoms with Crippen molar-refractivity contribution in [3.05, 3.63) is 54.7 Å². The van der Waals surface area contributed by atoms with E-state index in [0.717, 1.165) is 47.6 Å². The first-order chi connectivity index (χ1) is 18.6. The minimum Gasteiger partial charge on any atom is -0.395 e. The van der Waals surface area contributed by atoms with E-state index < -0.39 is 6.03 Å². The van der Waals surface area contributed by atoms with Crippen LogP contribution in [0.1, 0.15) is 12.7 Å². The van der Waals surface area contributed by atoms with Crippen LogP contribution in [0.3, 0.4) is 0 Å². The third kappa shape index (κ3) is 6.43. The van der Waals surface area contributed by atoms with Gasteiger partial charge < -0.3 is 25.2 Å². The zero-order valence-electron chi connectivity index (χ0n) is 20.9. The predicted octanol–water partition coefficient (Wildman–Crippen LogP) is 3.65. The lowest BCUT2D eigenvalue weighted by atomic mass is 10.2. The summed E-state index contributed by atoms with van der Waals surface area (Å²) in [5.74, 6) is 2.62. The average molecular weight is 536 g/mol. The lowest BCUT2D eigenvalue weighted by Crippen LogP contribution is -2.47. The molecule has 4 aromatic rings. The van der Waals surface area contributed by atoms with Crippen LogP contribution in [0.5, 0.6) is 0 Å². The first-order valence-corrected chi connectivity index (χ1v) is 13.2. The van der Waals surface area contributed by atoms with Crippen molar-refractivity contribution in [3.63, 3.8) is 0 Å². The molecule has 4 N–H and O–H groups in total. The van der Waals surface area contributed by atoms with E-state index in [9.17, 15) is 4.79 Å². The Morgan fingerprint density at radius 1 is 1.05 bits per heavy atom. The monoisotopic (exact) mass is 535 g/mol. The molecule has 4 heterocycles. The molecule has 1 aliphatic heterocycles. The van der Waals surface area contributed by atoms with Gasteiger partial charge in [0.15, 0.2) is 10.9 Å². The van der Waals surface area contributed by atoms with Gasteiger partial charge in [0.2, 0.25) is 0 Å². The van der Waals surface area contributed by atoms with E-state index in [1.54, 1.807) is 18.6 Å². The van der Waals surface area contributed by atoms with Gasteiger partial charge in [0.25, 0.3) is 0 Å². The zero-order valence-corrected chi connectivity index (χ0v) is 21.7. The average Bonchev–Trinajstić information content (AvgIpc) is 3.59. The Morgan fingerprint density at radius 2 is 1.87 bits per heavy atom. The Labute approximate surface area is 223 Å². The number of benzene rings is 1. The van der Waals surface area contributed by atoms with Gasteiger partial charge in [-0.15, -0.1) is 0 Å². The van der Waals surface area contributed by atoms with Crippen molar-refractivity contribution in [2.75, 3.05) is 60.2 Å². The van der Waals surface area contributed by atoms with Crippen molar-refractivity contribution in [2.24, 2.45) is 0 Å². The predicted molar refractivity (Wildman–Crippen MR) is 147 cm³/mol. The van der Waals surface area contributed by atoms with Gasteiger partial charge in [-0.3, -0.25) is 10.2 Å². The van der Waals surface area contributed by atoms with Gasteiger partial charge in [0.05, 0.1) is 11.5 Å². The number of nitrogens with zero attached hydrogens (tertiary/aromatic N) is 6. The number of urea groups is 1. The smallest absolute Gasteiger partial charge is 0.324 e. The third-order valence-electron chi connectivity index (χ3n) is 6.08. The molecule has 5 rings (SSSR count). The standard InChI is InChI=1S/C25H29N9O3S/c1-2-19-13-22(32-37-19)30-24(36)29-18-5-3-17(4-6-18)20-15-26-25(38-20)31-21-14-23(28-16-27-21)34-9-7-33(8-10-34)11-12-35/h3-6,13-16,35H,2,7-12H2,1H3,(H,26,27,28,31)(H2,29,30,32,36). The second-order valence-electron chi connectivity index (χ2n) is 8.66. The number of β-amino-alcohol motifs (C(OH)–C–C–N with tert-alkyl or cyclic N) is 1. The molecule has 1 saturated heterocycles. The molecule has 1 aliphatic rings. The zero-order chi connectivity index (χ0) is 26.3. The minimum atomic E-state index is -0.394. The van der Waals surface area contributed by atoms with Crippen molar-refractivity contribution in [2.45, 2.75) is 13.3 Å². The topological polar surface area (TPSA) is 145 Å². The quantitative estimate of drug-likeness (QED) is 0.251. The van der Waals surface area contributed by atoms with Gasteiger partial charge in [-0.05, 0) is 17.7 Å². The molecule has 2 amide bonds. The Balaban J connectivity index is 1.16. The van der Waals surface area contributed by atoms with E-state index in [4.69, 9.17) is 9.63 Å². The molecule has 0 saturated carbocycles. The second-order valence-corrected chi connectivity index (χ2v) is 9.69. The molecule has 0 spiro atoms. The number of hydrogen-bond acceptors (Lipinski definition) is 11. The summed E-state index contributed by atoms with van der Waals surface area (Å²) >= 11 is 1.51. The van der Waals surface area contributed by atoms with Gasteiger partial charge >= 0.3 is 6.03 Å². The van der Waals surface area contributed by atoms with Crippen LogP contribution in [0.4, 0.5) is 33.1 Å². The van der Waals surface area contributed by atoms with Crippen molar-refractivity contribution < 1.29 is 14.4 Å². The van der Waals surface area contributed by atoms with Crippen LogP contribution in [-0.2, 0) is 6.42 Å². The fraction of sp³-hybridized carbons (Fsp3) is 0.320. The van der Waals surface area contributed by atoms with E-state index >= 15 is 0 Å². The number of aliphatic hydroxyl groups is 1. The van der Waals surface area contributed by atoms with Crippen LogP contribution in [0, 0.1) is 0 Å². The fourth-order valence-electron chi connectivity index (χ4n) is 4.04. The summed E-state index contributed by atoms with van der Waals surface area (Å²) in [7, 11) is 0. The van der Waals surface area contributed by atoms with Gasteiger partial charge in [-0.1, -0.05) is 35.5 Å². The number of rotatable bonds is 9. The summed E-state index contributed by atoms with van der Waals surface area (Å²) in [6.07, 6.45) is 4.07. The number of anilines is 5. The maximum absolute atomic E-state index is 12.2. The first kappa shape index (κ1) is 25.6. The largest absolute Gasteiger partial charge is 0.395 e. The Morgan fingerprint density at radius 3 is 2.61 bits per heavy atom. The molecule has 0 atom stereocenters. The van der Waals surface area contributed by atoms with Crippen LogP contribution in [0.15, 0.2) is 53.4 Å². The van der Waals surface area contributed by atoms with Gasteiger partial charge in [-0.25, -0.2) is 19.7 Å². The number of amides is 2. The lowest BCUT2D eigenvalue weighted by Gasteiger charge is -2.35. The summed E-state index contributed by atoms with van der Waals surface area (Å²) in [4.78, 5) is 31.0. The molecule has 12 nitrogen and oxygen atoms in total. The van der Waals surface area contributed by atoms with E-state index in [2.05, 4.69) is 45.9 Å². The van der Waals surface area contributed by atoms with Gasteiger partial charge in [0.1, 0.15) is 23.7 Å². The highest BCUT2D eigenvalue weighted by atomic mass is 32.1. The number of carbonyl (C=O) groups is 1. The summed E-state index contributed by atoms with van der Waals surface area (Å²) < 4.78 is 5.09. The Hall–Kier alpha value is -4.07. The van der Waals surface area contributed by atoms with Crippen molar-refractivity contribution in [3.8, 4) is 10.4 Å². The molecule has 1 fully saturated rings.